The number of benzene rings is 1. The van der Waals surface area contributed by atoms with Crippen LogP contribution in [-0.2, 0) is 4.79 Å². The van der Waals surface area contributed by atoms with Crippen molar-refractivity contribution in [3.05, 3.63) is 35.6 Å². The number of nitrogens with zero attached hydrogens (tertiary/aromatic N) is 2. The third kappa shape index (κ3) is 3.73. The first-order valence-corrected chi connectivity index (χ1v) is 8.33. The number of carbonyl (C=O) groups is 2. The molecule has 0 unspecified atom stereocenters. The van der Waals surface area contributed by atoms with Crippen molar-refractivity contribution in [3.8, 4) is 0 Å². The predicted molar refractivity (Wildman–Crippen MR) is 87.9 cm³/mol. The maximum absolute atomic E-state index is 13.5. The smallest absolute Gasteiger partial charge is 0.254 e. The molecular weight excluding hydrogens is 311 g/mol. The first-order chi connectivity index (χ1) is 11.5. The molecule has 0 spiro atoms. The lowest BCUT2D eigenvalue weighted by Gasteiger charge is -2.36. The maximum atomic E-state index is 13.5. The van der Waals surface area contributed by atoms with E-state index in [9.17, 15) is 14.0 Å². The normalized spacial score (nSPS) is 19.8. The van der Waals surface area contributed by atoms with Crippen LogP contribution in [0.3, 0.4) is 0 Å². The molecule has 2 fully saturated rings. The van der Waals surface area contributed by atoms with Crippen LogP contribution in [0.15, 0.2) is 24.3 Å². The summed E-state index contributed by atoms with van der Waals surface area (Å²) in [6, 6.07) is 5.93. The van der Waals surface area contributed by atoms with Gasteiger partial charge in [0.25, 0.3) is 5.91 Å². The standard InChI is InChI=1S/C17H23FN4O2/c18-14-4-2-1-3-13(14)15(23)20-7-8-21-9-11-22(12-10-21)16(24)17(19)5-6-17/h1-4H,5-12,19H2,(H,20,23). The molecule has 1 saturated carbocycles. The highest BCUT2D eigenvalue weighted by Crippen LogP contribution is 2.34. The van der Waals surface area contributed by atoms with Crippen LogP contribution < -0.4 is 11.1 Å². The van der Waals surface area contributed by atoms with Crippen molar-refractivity contribution in [1.29, 1.82) is 0 Å². The van der Waals surface area contributed by atoms with Gasteiger partial charge in [-0.25, -0.2) is 4.39 Å². The lowest BCUT2D eigenvalue weighted by atomic mass is 10.2. The Labute approximate surface area is 140 Å². The average Bonchev–Trinajstić information content (AvgIpc) is 3.34. The molecule has 1 aromatic rings. The van der Waals surface area contributed by atoms with Crippen molar-refractivity contribution in [1.82, 2.24) is 15.1 Å². The number of hydrogen-bond acceptors (Lipinski definition) is 4. The van der Waals surface area contributed by atoms with Gasteiger partial charge in [-0.1, -0.05) is 12.1 Å². The van der Waals surface area contributed by atoms with Crippen LogP contribution >= 0.6 is 0 Å². The van der Waals surface area contributed by atoms with Crippen molar-refractivity contribution in [2.24, 2.45) is 5.73 Å². The van der Waals surface area contributed by atoms with E-state index in [2.05, 4.69) is 10.2 Å². The zero-order valence-corrected chi connectivity index (χ0v) is 13.6. The lowest BCUT2D eigenvalue weighted by molar-refractivity contribution is -0.135. The summed E-state index contributed by atoms with van der Waals surface area (Å²) in [6.45, 7) is 3.98. The number of carbonyl (C=O) groups excluding carboxylic acids is 2. The molecule has 24 heavy (non-hydrogen) atoms. The number of nitrogens with two attached hydrogens (primary N) is 1. The number of amides is 2. The van der Waals surface area contributed by atoms with Crippen molar-refractivity contribution in [3.63, 3.8) is 0 Å². The average molecular weight is 334 g/mol. The van der Waals surface area contributed by atoms with E-state index in [4.69, 9.17) is 5.73 Å². The highest BCUT2D eigenvalue weighted by atomic mass is 19.1. The summed E-state index contributed by atoms with van der Waals surface area (Å²) < 4.78 is 13.5. The zero-order chi connectivity index (χ0) is 17.2. The summed E-state index contributed by atoms with van der Waals surface area (Å²) in [7, 11) is 0. The SMILES string of the molecule is NC1(C(=O)N2CCN(CCNC(=O)c3ccccc3F)CC2)CC1. The molecule has 1 aliphatic carbocycles. The van der Waals surface area contributed by atoms with Gasteiger partial charge >= 0.3 is 0 Å². The quantitative estimate of drug-likeness (QED) is 0.806. The lowest BCUT2D eigenvalue weighted by Crippen LogP contribution is -2.54. The van der Waals surface area contributed by atoms with Crippen molar-refractivity contribution >= 4 is 11.8 Å². The minimum atomic E-state index is -0.601. The van der Waals surface area contributed by atoms with E-state index >= 15 is 0 Å². The highest BCUT2D eigenvalue weighted by molar-refractivity contribution is 5.94. The summed E-state index contributed by atoms with van der Waals surface area (Å²) in [5, 5.41) is 2.73. The number of piperazine rings is 1. The molecule has 1 heterocycles. The Hall–Kier alpha value is -1.99. The molecule has 2 aliphatic rings. The van der Waals surface area contributed by atoms with Crippen LogP contribution in [0.2, 0.25) is 0 Å². The van der Waals surface area contributed by atoms with Gasteiger partial charge in [-0.15, -0.1) is 0 Å². The van der Waals surface area contributed by atoms with Crippen LogP contribution in [0.5, 0.6) is 0 Å². The Balaban J connectivity index is 1.39. The largest absolute Gasteiger partial charge is 0.351 e. The molecule has 0 aromatic heterocycles. The van der Waals surface area contributed by atoms with Gasteiger partial charge < -0.3 is 16.0 Å². The first kappa shape index (κ1) is 16.9. The minimum Gasteiger partial charge on any atom is -0.351 e. The van der Waals surface area contributed by atoms with E-state index in [0.717, 1.165) is 25.9 Å². The van der Waals surface area contributed by atoms with Crippen LogP contribution in [0.25, 0.3) is 0 Å². The molecule has 0 radical (unpaired) electrons. The summed E-state index contributed by atoms with van der Waals surface area (Å²) in [6.07, 6.45) is 1.57. The Morgan fingerprint density at radius 2 is 1.83 bits per heavy atom. The summed E-state index contributed by atoms with van der Waals surface area (Å²) >= 11 is 0. The second kappa shape index (κ2) is 6.86. The van der Waals surface area contributed by atoms with Crippen molar-refractivity contribution in [2.45, 2.75) is 18.4 Å². The van der Waals surface area contributed by atoms with Crippen LogP contribution in [0.4, 0.5) is 4.39 Å². The van der Waals surface area contributed by atoms with E-state index in [-0.39, 0.29) is 11.5 Å². The molecule has 1 aromatic carbocycles. The third-order valence-electron chi connectivity index (χ3n) is 4.71. The Kier molecular flexibility index (Phi) is 4.82. The Morgan fingerprint density at radius 1 is 1.17 bits per heavy atom. The summed E-state index contributed by atoms with van der Waals surface area (Å²) in [5.74, 6) is -0.853. The molecule has 6 nitrogen and oxygen atoms in total. The van der Waals surface area contributed by atoms with Crippen LogP contribution in [0, 0.1) is 5.82 Å². The van der Waals surface area contributed by atoms with Crippen LogP contribution in [-0.4, -0.2) is 66.4 Å². The van der Waals surface area contributed by atoms with E-state index < -0.39 is 17.3 Å². The summed E-state index contributed by atoms with van der Waals surface area (Å²) in [5.41, 5.74) is 5.41. The van der Waals surface area contributed by atoms with Gasteiger partial charge in [0.05, 0.1) is 11.1 Å². The van der Waals surface area contributed by atoms with E-state index in [1.54, 1.807) is 12.1 Å². The molecule has 0 atom stereocenters. The Bertz CT molecular complexity index is 625. The van der Waals surface area contributed by atoms with Gasteiger partial charge in [-0.05, 0) is 25.0 Å². The zero-order valence-electron chi connectivity index (χ0n) is 13.6. The highest BCUT2D eigenvalue weighted by Gasteiger charge is 2.48. The molecule has 1 saturated heterocycles. The van der Waals surface area contributed by atoms with E-state index in [1.165, 1.54) is 12.1 Å². The molecule has 7 heteroatoms. The second-order valence-electron chi connectivity index (χ2n) is 6.53. The van der Waals surface area contributed by atoms with Gasteiger partial charge in [0.1, 0.15) is 5.82 Å². The molecule has 3 rings (SSSR count). The predicted octanol–water partition coefficient (Wildman–Crippen LogP) is 0.191. The number of halogens is 1. The number of nitrogens with one attached hydrogen (secondary N) is 1. The summed E-state index contributed by atoms with van der Waals surface area (Å²) in [4.78, 5) is 28.1. The van der Waals surface area contributed by atoms with Gasteiger partial charge in [-0.3, -0.25) is 14.5 Å². The van der Waals surface area contributed by atoms with E-state index in [0.29, 0.717) is 26.2 Å². The fourth-order valence-corrected chi connectivity index (χ4v) is 2.91. The monoisotopic (exact) mass is 334 g/mol. The fourth-order valence-electron chi connectivity index (χ4n) is 2.91. The van der Waals surface area contributed by atoms with Gasteiger partial charge in [0.15, 0.2) is 0 Å². The maximum Gasteiger partial charge on any atom is 0.254 e. The molecule has 3 N–H and O–H groups in total. The molecule has 1 aliphatic heterocycles. The van der Waals surface area contributed by atoms with Gasteiger partial charge in [-0.2, -0.15) is 0 Å². The van der Waals surface area contributed by atoms with Crippen molar-refractivity contribution in [2.75, 3.05) is 39.3 Å². The fraction of sp³-hybridized carbons (Fsp3) is 0.529. The first-order valence-electron chi connectivity index (χ1n) is 8.33. The second-order valence-corrected chi connectivity index (χ2v) is 6.53. The third-order valence-corrected chi connectivity index (χ3v) is 4.71. The number of hydrogen-bond donors (Lipinski definition) is 2. The minimum absolute atomic E-state index is 0.0607. The molecule has 0 bridgehead atoms. The van der Waals surface area contributed by atoms with Gasteiger partial charge in [0.2, 0.25) is 5.91 Å². The van der Waals surface area contributed by atoms with Crippen LogP contribution in [0.1, 0.15) is 23.2 Å². The Morgan fingerprint density at radius 3 is 2.46 bits per heavy atom. The number of rotatable bonds is 5. The molecule has 2 amide bonds. The molecular formula is C17H23FN4O2. The van der Waals surface area contributed by atoms with Gasteiger partial charge in [0, 0.05) is 39.3 Å². The van der Waals surface area contributed by atoms with Crippen molar-refractivity contribution < 1.29 is 14.0 Å². The van der Waals surface area contributed by atoms with E-state index in [1.807, 2.05) is 4.90 Å². The molecule has 130 valence electrons. The topological polar surface area (TPSA) is 78.7 Å².